The van der Waals surface area contributed by atoms with Gasteiger partial charge in [-0.3, -0.25) is 19.2 Å². The summed E-state index contributed by atoms with van der Waals surface area (Å²) in [5, 5.41) is 32.0. The van der Waals surface area contributed by atoms with E-state index in [0.717, 1.165) is 19.4 Å². The number of hydrogen-bond donors (Lipinski definition) is 5. The zero-order chi connectivity index (χ0) is 38.0. The molecule has 0 aliphatic heterocycles. The van der Waals surface area contributed by atoms with Crippen LogP contribution >= 0.6 is 0 Å². The lowest BCUT2D eigenvalue weighted by molar-refractivity contribution is -0.168. The number of aldehydes is 1. The van der Waals surface area contributed by atoms with E-state index in [1.54, 1.807) is 19.1 Å². The topological polar surface area (TPSA) is 209 Å². The first-order chi connectivity index (χ1) is 23.3. The number of amides is 1. The number of phenols is 1. The Morgan fingerprint density at radius 1 is 1.15 bits per heavy atom. The first-order valence-electron chi connectivity index (χ1n) is 16.9. The van der Waals surface area contributed by atoms with Gasteiger partial charge in [0.2, 0.25) is 5.91 Å². The number of nitrogens with one attached hydrogen (secondary N) is 2. The van der Waals surface area contributed by atoms with Crippen molar-refractivity contribution in [2.24, 2.45) is 23.5 Å². The van der Waals surface area contributed by atoms with E-state index in [-0.39, 0.29) is 30.2 Å². The summed E-state index contributed by atoms with van der Waals surface area (Å²) >= 11 is 0. The first kappa shape index (κ1) is 36.1. The molecule has 0 heterocycles. The molecule has 48 heavy (non-hydrogen) atoms. The minimum Gasteiger partial charge on any atom is -0.508 e. The number of esters is 1. The molecule has 0 radical (unpaired) electrons. The van der Waals surface area contributed by atoms with Gasteiger partial charge in [0.1, 0.15) is 36.5 Å². The average molecular weight is 667 g/mol. The quantitative estimate of drug-likeness (QED) is 0.0868. The molecule has 6 N–H and O–H groups in total. The van der Waals surface area contributed by atoms with Crippen molar-refractivity contribution in [3.63, 3.8) is 0 Å². The molecule has 0 saturated carbocycles. The van der Waals surface area contributed by atoms with Crippen LogP contribution in [0.1, 0.15) is 79.7 Å². The Morgan fingerprint density at radius 3 is 2.31 bits per heavy atom. The van der Waals surface area contributed by atoms with Gasteiger partial charge < -0.3 is 36.1 Å². The number of benzene rings is 2. The van der Waals surface area contributed by atoms with Gasteiger partial charge in [-0.2, -0.15) is 5.26 Å². The van der Waals surface area contributed by atoms with Crippen LogP contribution in [-0.4, -0.2) is 63.3 Å². The van der Waals surface area contributed by atoms with Gasteiger partial charge in [0, 0.05) is 17.7 Å². The number of carboxylic acids is 1. The fourth-order valence-electron chi connectivity index (χ4n) is 5.38. The summed E-state index contributed by atoms with van der Waals surface area (Å²) in [5.41, 5.74) is 2.82. The predicted octanol–water partition coefficient (Wildman–Crippen LogP) is 4.13. The summed E-state index contributed by atoms with van der Waals surface area (Å²) in [6.07, 6.45) is 0.147. The Morgan fingerprint density at radius 2 is 1.79 bits per heavy atom. The van der Waals surface area contributed by atoms with Gasteiger partial charge in [0.15, 0.2) is 7.20 Å². The Bertz CT molecular complexity index is 1570. The van der Waals surface area contributed by atoms with Gasteiger partial charge in [-0.15, -0.1) is 0 Å². The van der Waals surface area contributed by atoms with E-state index in [1.165, 1.54) is 51.1 Å². The van der Waals surface area contributed by atoms with Crippen LogP contribution in [-0.2, 0) is 35.1 Å². The number of ketones is 1. The van der Waals surface area contributed by atoms with Crippen LogP contribution in [0.25, 0.3) is 0 Å². The molecule has 0 aliphatic carbocycles. The van der Waals surface area contributed by atoms with Crippen LogP contribution in [0.3, 0.4) is 0 Å². The van der Waals surface area contributed by atoms with E-state index < -0.39 is 65.0 Å². The van der Waals surface area contributed by atoms with E-state index in [0.29, 0.717) is 29.3 Å². The highest BCUT2D eigenvalue weighted by molar-refractivity contribution is 6.11. The van der Waals surface area contributed by atoms with Crippen molar-refractivity contribution in [3.05, 3.63) is 59.7 Å². The van der Waals surface area contributed by atoms with Crippen molar-refractivity contribution >= 4 is 35.6 Å². The fourth-order valence-corrected chi connectivity index (χ4v) is 5.38. The number of nitrogens with zero attached hydrogens (tertiary/aromatic N) is 1. The van der Waals surface area contributed by atoms with E-state index in [1.807, 2.05) is 13.0 Å². The fraction of sp³-hybridized carbons (Fsp3) is 0.500. The molecule has 6 atom stereocenters. The van der Waals surface area contributed by atoms with E-state index in [2.05, 4.69) is 5.32 Å². The van der Waals surface area contributed by atoms with Gasteiger partial charge >= 0.3 is 11.9 Å². The SMILES string of the molecule is [2H]C(=O)C(C[C@@H](C)CCCC)[C@@](C(=O)N[C@@H](C)C(=O)O)([C@H](C(=O)OC(C)(C)C)C(=O)[C@H](N)Cc1ccc(C#N)cc1)N([2H])c1cccc(O)c1. The molecule has 2 aromatic rings. The molecule has 12 heteroatoms. The molecule has 1 unspecified atom stereocenters. The number of nitriles is 1. The maximum Gasteiger partial charge on any atom is 0.325 e. The second-order valence-corrected chi connectivity index (χ2v) is 13.1. The van der Waals surface area contributed by atoms with Crippen LogP contribution in [0.5, 0.6) is 5.75 Å². The zero-order valence-electron chi connectivity index (χ0n) is 30.4. The van der Waals surface area contributed by atoms with E-state index in [4.69, 9.17) is 11.8 Å². The van der Waals surface area contributed by atoms with Gasteiger partial charge in [0.25, 0.3) is 0 Å². The van der Waals surface area contributed by atoms with Gasteiger partial charge in [0.05, 0.1) is 17.7 Å². The summed E-state index contributed by atoms with van der Waals surface area (Å²) in [6, 6.07) is 9.86. The number of anilines is 1. The molecular weight excluding hydrogens is 616 g/mol. The number of hydrogen-bond acceptors (Lipinski definition) is 10. The summed E-state index contributed by atoms with van der Waals surface area (Å²) in [5.74, 6) is -10.3. The molecule has 1 amide bonds. The van der Waals surface area contributed by atoms with Crippen molar-refractivity contribution in [1.29, 1.82) is 5.26 Å². The van der Waals surface area contributed by atoms with Crippen molar-refractivity contribution in [3.8, 4) is 11.8 Å². The minimum absolute atomic E-state index is 0.205. The van der Waals surface area contributed by atoms with Gasteiger partial charge in [-0.25, -0.2) is 0 Å². The third-order valence-corrected chi connectivity index (χ3v) is 7.86. The third-order valence-electron chi connectivity index (χ3n) is 7.86. The molecule has 0 saturated heterocycles. The number of phenolic OH excluding ortho intramolecular Hbond substituents is 1. The number of ether oxygens (including phenoxy) is 1. The normalized spacial score (nSPS) is 16.3. The Labute approximate surface area is 284 Å². The van der Waals surface area contributed by atoms with Crippen LogP contribution < -0.4 is 16.4 Å². The van der Waals surface area contributed by atoms with Gasteiger partial charge in [-0.05, 0) is 76.3 Å². The largest absolute Gasteiger partial charge is 0.508 e. The van der Waals surface area contributed by atoms with Crippen molar-refractivity contribution in [1.82, 2.24) is 5.32 Å². The number of nitrogens with two attached hydrogens (primary N) is 1. The number of unbranched alkanes of at least 4 members (excludes halogenated alkanes) is 1. The number of Topliss-reactive ketones (excluding diaryl/α,β-unsaturated/α-hetero) is 1. The Kier molecular flexibility index (Phi) is 13.1. The summed E-state index contributed by atoms with van der Waals surface area (Å²) in [4.78, 5) is 69.6. The maximum atomic E-state index is 14.8. The van der Waals surface area contributed by atoms with Crippen molar-refractivity contribution in [2.75, 3.05) is 5.31 Å². The smallest absolute Gasteiger partial charge is 0.325 e. The van der Waals surface area contributed by atoms with Crippen molar-refractivity contribution in [2.45, 2.75) is 96.9 Å². The van der Waals surface area contributed by atoms with Crippen LogP contribution in [0.4, 0.5) is 5.69 Å². The number of carboxylic acid groups (broad SMARTS) is 1. The van der Waals surface area contributed by atoms with E-state index >= 15 is 0 Å². The minimum atomic E-state index is -2.96. The standard InChI is InChI=1S/C36H48N4O8/c1-7-8-10-22(2)17-26(21-41)36(34(47)39-23(3)32(44)45,40-27-11-9-12-28(42)19-27)30(33(46)48-35(4,5)6)31(43)29(38)18-24-13-15-25(20-37)16-14-24/h9,11-16,19,21-23,26,29-30,40,42H,7-8,10,17-18,38H2,1-6H3,(H,39,47)(H,44,45)/t22-,23-,26?,29+,30-,36-/m0/s1/i21D/hD. The molecule has 2 rings (SSSR count). The van der Waals surface area contributed by atoms with Gasteiger partial charge in [-0.1, -0.05) is 51.3 Å². The summed E-state index contributed by atoms with van der Waals surface area (Å²) in [7, 11) is 0. The second-order valence-electron chi connectivity index (χ2n) is 13.1. The molecule has 12 nitrogen and oxygen atoms in total. The van der Waals surface area contributed by atoms with Crippen LogP contribution in [0.15, 0.2) is 48.5 Å². The maximum absolute atomic E-state index is 14.8. The zero-order valence-corrected chi connectivity index (χ0v) is 28.4. The average Bonchev–Trinajstić information content (AvgIpc) is 3.03. The highest BCUT2D eigenvalue weighted by Gasteiger charge is 2.60. The molecule has 0 aromatic heterocycles. The first-order valence-corrected chi connectivity index (χ1v) is 15.9. The molecule has 0 bridgehead atoms. The van der Waals surface area contributed by atoms with Crippen LogP contribution in [0, 0.1) is 29.1 Å². The summed E-state index contributed by atoms with van der Waals surface area (Å²) < 4.78 is 23.7. The number of rotatable bonds is 18. The number of carbonyl (C=O) groups excluding carboxylic acids is 4. The molecule has 0 aliphatic rings. The number of carbonyl (C=O) groups is 5. The lowest BCUT2D eigenvalue weighted by Crippen LogP contribution is -2.69. The molecule has 2 aromatic carbocycles. The van der Waals surface area contributed by atoms with Crippen LogP contribution in [0.2, 0.25) is 1.41 Å². The monoisotopic (exact) mass is 666 g/mol. The second kappa shape index (κ2) is 17.4. The Hall–Kier alpha value is -4.76. The number of aliphatic carboxylic acids is 1. The Balaban J connectivity index is 3.09. The molecule has 260 valence electrons. The third kappa shape index (κ3) is 10.6. The predicted molar refractivity (Wildman–Crippen MR) is 180 cm³/mol. The molecule has 0 fully saturated rings. The molecule has 0 spiro atoms. The van der Waals surface area contributed by atoms with Crippen molar-refractivity contribution < 1.29 is 41.7 Å². The summed E-state index contributed by atoms with van der Waals surface area (Å²) in [6.45, 7) is 9.35. The number of aromatic hydroxyl groups is 1. The highest BCUT2D eigenvalue weighted by atomic mass is 16.6. The highest BCUT2D eigenvalue weighted by Crippen LogP contribution is 2.39. The lowest BCUT2D eigenvalue weighted by atomic mass is 9.67. The molecular formula is C36H48N4O8. The lowest BCUT2D eigenvalue weighted by Gasteiger charge is -2.44. The van der Waals surface area contributed by atoms with E-state index in [9.17, 15) is 40.9 Å².